The normalized spacial score (nSPS) is 11.5. The number of ether oxygens (including phenoxy) is 1. The highest BCUT2D eigenvalue weighted by Crippen LogP contribution is 2.22. The summed E-state index contributed by atoms with van der Waals surface area (Å²) < 4.78 is 4.60. The molecule has 0 aliphatic carbocycles. The van der Waals surface area contributed by atoms with E-state index in [0.717, 1.165) is 19.5 Å². The molecule has 0 aromatic carbocycles. The van der Waals surface area contributed by atoms with Gasteiger partial charge in [0.1, 0.15) is 0 Å². The minimum Gasteiger partial charge on any atom is -0.469 e. The summed E-state index contributed by atoms with van der Waals surface area (Å²) in [5.74, 6) is -0.117. The fourth-order valence-electron chi connectivity index (χ4n) is 1.83. The summed E-state index contributed by atoms with van der Waals surface area (Å²) in [4.78, 5) is 10.9. The van der Waals surface area contributed by atoms with E-state index < -0.39 is 0 Å². The van der Waals surface area contributed by atoms with Crippen molar-refractivity contribution in [1.82, 2.24) is 5.32 Å². The molecular formula is C14H29NO2. The van der Waals surface area contributed by atoms with Crippen LogP contribution in [0.5, 0.6) is 0 Å². The molecule has 3 nitrogen and oxygen atoms in total. The quantitative estimate of drug-likeness (QED) is 0.473. The fourth-order valence-corrected chi connectivity index (χ4v) is 1.83. The van der Waals surface area contributed by atoms with E-state index in [9.17, 15) is 4.79 Å². The van der Waals surface area contributed by atoms with Gasteiger partial charge in [-0.1, -0.05) is 40.0 Å². The van der Waals surface area contributed by atoms with E-state index in [0.29, 0.717) is 11.8 Å². The van der Waals surface area contributed by atoms with Crippen molar-refractivity contribution < 1.29 is 9.53 Å². The Kier molecular flexibility index (Phi) is 9.14. The molecule has 3 heteroatoms. The van der Waals surface area contributed by atoms with Gasteiger partial charge in [0.15, 0.2) is 0 Å². The van der Waals surface area contributed by atoms with Crippen LogP contribution in [0.15, 0.2) is 0 Å². The summed E-state index contributed by atoms with van der Waals surface area (Å²) in [5, 5.41) is 3.42. The van der Waals surface area contributed by atoms with Gasteiger partial charge in [0.25, 0.3) is 0 Å². The predicted molar refractivity (Wildman–Crippen MR) is 72.0 cm³/mol. The standard InChI is InChI=1S/C14H29NO2/c1-5-6-7-10-14(2,3)12-15-11-8-9-13(16)17-4/h15H,5-12H2,1-4H3. The first-order chi connectivity index (χ1) is 8.02. The van der Waals surface area contributed by atoms with Crippen LogP contribution in [0.4, 0.5) is 0 Å². The van der Waals surface area contributed by atoms with Crippen molar-refractivity contribution in [3.05, 3.63) is 0 Å². The lowest BCUT2D eigenvalue weighted by molar-refractivity contribution is -0.140. The van der Waals surface area contributed by atoms with Gasteiger partial charge in [-0.05, 0) is 24.8 Å². The number of methoxy groups -OCH3 is 1. The number of nitrogens with one attached hydrogen (secondary N) is 1. The van der Waals surface area contributed by atoms with Gasteiger partial charge in [0, 0.05) is 13.0 Å². The molecule has 0 saturated heterocycles. The van der Waals surface area contributed by atoms with Gasteiger partial charge in [-0.3, -0.25) is 4.79 Å². The highest BCUT2D eigenvalue weighted by atomic mass is 16.5. The highest BCUT2D eigenvalue weighted by molar-refractivity contribution is 5.69. The minimum atomic E-state index is -0.117. The summed E-state index contributed by atoms with van der Waals surface area (Å²) in [7, 11) is 1.44. The Morgan fingerprint density at radius 1 is 1.24 bits per heavy atom. The van der Waals surface area contributed by atoms with Gasteiger partial charge >= 0.3 is 5.97 Å². The maximum Gasteiger partial charge on any atom is 0.305 e. The molecular weight excluding hydrogens is 214 g/mol. The zero-order valence-electron chi connectivity index (χ0n) is 12.0. The van der Waals surface area contributed by atoms with Gasteiger partial charge in [-0.2, -0.15) is 0 Å². The second-order valence-corrected chi connectivity index (χ2v) is 5.48. The average molecular weight is 243 g/mol. The Hall–Kier alpha value is -0.570. The number of rotatable bonds is 10. The Labute approximate surface area is 106 Å². The third kappa shape index (κ3) is 10.3. The van der Waals surface area contributed by atoms with E-state index >= 15 is 0 Å². The van der Waals surface area contributed by atoms with Gasteiger partial charge < -0.3 is 10.1 Å². The second-order valence-electron chi connectivity index (χ2n) is 5.48. The molecule has 0 atom stereocenters. The molecule has 0 amide bonds. The van der Waals surface area contributed by atoms with E-state index in [1.807, 2.05) is 0 Å². The number of hydrogen-bond donors (Lipinski definition) is 1. The first-order valence-electron chi connectivity index (χ1n) is 6.79. The summed E-state index contributed by atoms with van der Waals surface area (Å²) in [6.07, 6.45) is 6.56. The molecule has 102 valence electrons. The summed E-state index contributed by atoms with van der Waals surface area (Å²) in [6.45, 7) is 8.76. The van der Waals surface area contributed by atoms with Crippen LogP contribution in [-0.2, 0) is 9.53 Å². The van der Waals surface area contributed by atoms with Crippen molar-refractivity contribution in [2.45, 2.75) is 59.3 Å². The summed E-state index contributed by atoms with van der Waals surface area (Å²) in [6, 6.07) is 0. The molecule has 0 spiro atoms. The summed E-state index contributed by atoms with van der Waals surface area (Å²) >= 11 is 0. The van der Waals surface area contributed by atoms with Crippen molar-refractivity contribution in [2.75, 3.05) is 20.2 Å². The smallest absolute Gasteiger partial charge is 0.305 e. The number of hydrogen-bond acceptors (Lipinski definition) is 3. The molecule has 0 bridgehead atoms. The molecule has 0 aliphatic heterocycles. The van der Waals surface area contributed by atoms with Crippen LogP contribution in [0, 0.1) is 5.41 Å². The minimum absolute atomic E-state index is 0.117. The highest BCUT2D eigenvalue weighted by Gasteiger charge is 2.16. The largest absolute Gasteiger partial charge is 0.469 e. The van der Waals surface area contributed by atoms with Gasteiger partial charge in [-0.15, -0.1) is 0 Å². The van der Waals surface area contributed by atoms with Crippen LogP contribution in [0.25, 0.3) is 0 Å². The molecule has 0 aromatic rings. The maximum atomic E-state index is 10.9. The number of unbranched alkanes of at least 4 members (excludes halogenated alkanes) is 2. The zero-order chi connectivity index (χ0) is 13.1. The number of esters is 1. The van der Waals surface area contributed by atoms with Crippen LogP contribution < -0.4 is 5.32 Å². The number of carbonyl (C=O) groups is 1. The molecule has 0 heterocycles. The maximum absolute atomic E-state index is 10.9. The molecule has 0 radical (unpaired) electrons. The van der Waals surface area contributed by atoms with Crippen LogP contribution in [-0.4, -0.2) is 26.2 Å². The molecule has 0 saturated carbocycles. The predicted octanol–water partition coefficient (Wildman–Crippen LogP) is 3.14. The Morgan fingerprint density at radius 3 is 2.53 bits per heavy atom. The lowest BCUT2D eigenvalue weighted by atomic mass is 9.87. The summed E-state index contributed by atoms with van der Waals surface area (Å²) in [5.41, 5.74) is 0.362. The number of carbonyl (C=O) groups excluding carboxylic acids is 1. The SMILES string of the molecule is CCCCCC(C)(C)CNCCCC(=O)OC. The first-order valence-corrected chi connectivity index (χ1v) is 6.79. The van der Waals surface area contributed by atoms with Crippen molar-refractivity contribution in [2.24, 2.45) is 5.41 Å². The van der Waals surface area contributed by atoms with Gasteiger partial charge in [-0.25, -0.2) is 0 Å². The monoisotopic (exact) mass is 243 g/mol. The molecule has 0 unspecified atom stereocenters. The van der Waals surface area contributed by atoms with E-state index in [4.69, 9.17) is 0 Å². The molecule has 1 N–H and O–H groups in total. The Morgan fingerprint density at radius 2 is 1.94 bits per heavy atom. The average Bonchev–Trinajstić information content (AvgIpc) is 2.28. The third-order valence-corrected chi connectivity index (χ3v) is 3.02. The van der Waals surface area contributed by atoms with Crippen LogP contribution in [0.2, 0.25) is 0 Å². The second kappa shape index (κ2) is 9.46. The van der Waals surface area contributed by atoms with E-state index in [1.165, 1.54) is 32.8 Å². The lowest BCUT2D eigenvalue weighted by Gasteiger charge is -2.25. The van der Waals surface area contributed by atoms with Gasteiger partial charge in [0.05, 0.1) is 7.11 Å². The van der Waals surface area contributed by atoms with Crippen molar-refractivity contribution >= 4 is 5.97 Å². The molecule has 0 rings (SSSR count). The molecule has 17 heavy (non-hydrogen) atoms. The Bertz CT molecular complexity index is 202. The van der Waals surface area contributed by atoms with Crippen LogP contribution in [0.3, 0.4) is 0 Å². The van der Waals surface area contributed by atoms with Crippen molar-refractivity contribution in [1.29, 1.82) is 0 Å². The van der Waals surface area contributed by atoms with Crippen molar-refractivity contribution in [3.63, 3.8) is 0 Å². The Balaban J connectivity index is 3.48. The molecule has 0 aromatic heterocycles. The van der Waals surface area contributed by atoms with E-state index in [-0.39, 0.29) is 5.97 Å². The lowest BCUT2D eigenvalue weighted by Crippen LogP contribution is -2.30. The zero-order valence-corrected chi connectivity index (χ0v) is 12.0. The van der Waals surface area contributed by atoms with E-state index in [1.54, 1.807) is 0 Å². The van der Waals surface area contributed by atoms with Crippen LogP contribution in [0.1, 0.15) is 59.3 Å². The topological polar surface area (TPSA) is 38.3 Å². The first kappa shape index (κ1) is 16.4. The molecule has 0 aliphatic rings. The van der Waals surface area contributed by atoms with Crippen molar-refractivity contribution in [3.8, 4) is 0 Å². The molecule has 0 fully saturated rings. The fraction of sp³-hybridized carbons (Fsp3) is 0.929. The third-order valence-electron chi connectivity index (χ3n) is 3.02. The van der Waals surface area contributed by atoms with Crippen LogP contribution >= 0.6 is 0 Å². The van der Waals surface area contributed by atoms with E-state index in [2.05, 4.69) is 30.8 Å². The van der Waals surface area contributed by atoms with Gasteiger partial charge in [0.2, 0.25) is 0 Å².